The zero-order chi connectivity index (χ0) is 15.0. The number of aryl methyl sites for hydroxylation is 1. The van der Waals surface area contributed by atoms with E-state index in [-0.39, 0.29) is 22.7 Å². The number of nitrogens with one attached hydrogen (secondary N) is 1. The van der Waals surface area contributed by atoms with Gasteiger partial charge < -0.3 is 10.2 Å². The number of fused-ring (bicyclic) bond motifs is 1. The van der Waals surface area contributed by atoms with Gasteiger partial charge in [0.05, 0.1) is 4.87 Å². The van der Waals surface area contributed by atoms with Crippen LogP contribution in [0.25, 0.3) is 0 Å². The highest BCUT2D eigenvalue weighted by Gasteiger charge is 2.52. The van der Waals surface area contributed by atoms with Gasteiger partial charge in [0, 0.05) is 17.9 Å². The van der Waals surface area contributed by atoms with Gasteiger partial charge in [-0.05, 0) is 31.4 Å². The van der Waals surface area contributed by atoms with Crippen LogP contribution in [0.3, 0.4) is 0 Å². The molecule has 0 bridgehead atoms. The summed E-state index contributed by atoms with van der Waals surface area (Å²) >= 11 is 1.72. The number of carbonyl (C=O) groups is 2. The minimum Gasteiger partial charge on any atom is -0.324 e. The molecule has 2 amide bonds. The molecule has 3 rings (SSSR count). The molecule has 2 heterocycles. The van der Waals surface area contributed by atoms with Crippen molar-refractivity contribution in [1.29, 1.82) is 0 Å². The van der Waals surface area contributed by atoms with E-state index in [1.807, 2.05) is 24.3 Å². The molecule has 2 aliphatic rings. The molecule has 2 atom stereocenters. The molecule has 21 heavy (non-hydrogen) atoms. The maximum atomic E-state index is 12.6. The Hall–Kier alpha value is -1.49. The van der Waals surface area contributed by atoms with E-state index < -0.39 is 0 Å². The van der Waals surface area contributed by atoms with E-state index >= 15 is 0 Å². The van der Waals surface area contributed by atoms with Gasteiger partial charge >= 0.3 is 0 Å². The summed E-state index contributed by atoms with van der Waals surface area (Å²) in [6.07, 6.45) is 2.26. The second kappa shape index (κ2) is 5.37. The Morgan fingerprint density at radius 3 is 3.00 bits per heavy atom. The quantitative estimate of drug-likeness (QED) is 0.934. The van der Waals surface area contributed by atoms with Crippen LogP contribution in [0.4, 0.5) is 5.69 Å². The molecule has 2 unspecified atom stereocenters. The largest absolute Gasteiger partial charge is 0.324 e. The van der Waals surface area contributed by atoms with E-state index in [4.69, 9.17) is 0 Å². The summed E-state index contributed by atoms with van der Waals surface area (Å²) in [6, 6.07) is 7.48. The van der Waals surface area contributed by atoms with Gasteiger partial charge in [0.1, 0.15) is 6.04 Å². The van der Waals surface area contributed by atoms with E-state index in [1.54, 1.807) is 16.7 Å². The molecule has 2 aliphatic heterocycles. The van der Waals surface area contributed by atoms with Gasteiger partial charge in [0.2, 0.25) is 11.8 Å². The molecule has 0 aromatic heterocycles. The minimum absolute atomic E-state index is 0.0672. The van der Waals surface area contributed by atoms with Crippen molar-refractivity contribution in [1.82, 2.24) is 4.90 Å². The lowest BCUT2D eigenvalue weighted by molar-refractivity contribution is -0.135. The fourth-order valence-electron chi connectivity index (χ4n) is 3.18. The number of para-hydroxylation sites is 1. The average Bonchev–Trinajstić information content (AvgIpc) is 2.97. The Morgan fingerprint density at radius 2 is 2.24 bits per heavy atom. The highest BCUT2D eigenvalue weighted by Crippen LogP contribution is 2.47. The normalized spacial score (nSPS) is 27.8. The summed E-state index contributed by atoms with van der Waals surface area (Å²) in [4.78, 5) is 26.3. The van der Waals surface area contributed by atoms with Crippen molar-refractivity contribution in [3.8, 4) is 0 Å². The summed E-state index contributed by atoms with van der Waals surface area (Å²) in [5, 5.41) is 3.01. The summed E-state index contributed by atoms with van der Waals surface area (Å²) in [5.74, 6) is 0.719. The molecule has 1 N–H and O–H groups in total. The third-order valence-electron chi connectivity index (χ3n) is 4.40. The van der Waals surface area contributed by atoms with Crippen molar-refractivity contribution in [3.63, 3.8) is 0 Å². The highest BCUT2D eigenvalue weighted by atomic mass is 32.2. The van der Waals surface area contributed by atoms with Crippen LogP contribution in [-0.4, -0.2) is 33.4 Å². The lowest BCUT2D eigenvalue weighted by atomic mass is 10.1. The molecular weight excluding hydrogens is 284 g/mol. The van der Waals surface area contributed by atoms with Gasteiger partial charge in [-0.15, -0.1) is 11.8 Å². The van der Waals surface area contributed by atoms with Gasteiger partial charge in [-0.1, -0.05) is 25.1 Å². The first-order valence-electron chi connectivity index (χ1n) is 7.40. The van der Waals surface area contributed by atoms with Crippen LogP contribution in [0.2, 0.25) is 0 Å². The van der Waals surface area contributed by atoms with Gasteiger partial charge in [0.15, 0.2) is 0 Å². The number of carbonyl (C=O) groups excluding carboxylic acids is 2. The first-order chi connectivity index (χ1) is 10.0. The van der Waals surface area contributed by atoms with Crippen LogP contribution in [0.15, 0.2) is 24.3 Å². The standard InChI is InChI=1S/C16H20N2O2S/c1-3-11-6-4-5-7-12(11)17-15(20)13-10-21-16(2)9-8-14(19)18(13)16/h4-7,13H,3,8-10H2,1-2H3,(H,17,20). The zero-order valence-corrected chi connectivity index (χ0v) is 13.2. The van der Waals surface area contributed by atoms with E-state index in [2.05, 4.69) is 19.2 Å². The molecule has 2 saturated heterocycles. The molecular formula is C16H20N2O2S. The third-order valence-corrected chi connectivity index (χ3v) is 5.91. The van der Waals surface area contributed by atoms with E-state index in [0.29, 0.717) is 12.2 Å². The molecule has 5 heteroatoms. The predicted octanol–water partition coefficient (Wildman–Crippen LogP) is 2.64. The number of thioether (sulfide) groups is 1. The molecule has 4 nitrogen and oxygen atoms in total. The average molecular weight is 304 g/mol. The smallest absolute Gasteiger partial charge is 0.248 e. The van der Waals surface area contributed by atoms with Crippen molar-refractivity contribution < 1.29 is 9.59 Å². The van der Waals surface area contributed by atoms with Crippen LogP contribution >= 0.6 is 11.8 Å². The Labute approximate surface area is 129 Å². The first kappa shape index (κ1) is 14.4. The second-order valence-electron chi connectivity index (χ2n) is 5.77. The zero-order valence-electron chi connectivity index (χ0n) is 12.4. The van der Waals surface area contributed by atoms with Crippen molar-refractivity contribution in [2.24, 2.45) is 0 Å². The topological polar surface area (TPSA) is 49.4 Å². The Morgan fingerprint density at radius 1 is 1.48 bits per heavy atom. The molecule has 1 aromatic rings. The second-order valence-corrected chi connectivity index (χ2v) is 7.27. The van der Waals surface area contributed by atoms with Crippen molar-refractivity contribution in [2.75, 3.05) is 11.1 Å². The van der Waals surface area contributed by atoms with Crippen molar-refractivity contribution >= 4 is 29.3 Å². The number of anilines is 1. The Bertz CT molecular complexity index is 589. The molecule has 0 spiro atoms. The minimum atomic E-state index is -0.347. The number of hydrogen-bond donors (Lipinski definition) is 1. The van der Waals surface area contributed by atoms with Crippen LogP contribution < -0.4 is 5.32 Å². The monoisotopic (exact) mass is 304 g/mol. The fourth-order valence-corrected chi connectivity index (χ4v) is 4.61. The molecule has 2 fully saturated rings. The van der Waals surface area contributed by atoms with E-state index in [9.17, 15) is 9.59 Å². The van der Waals surface area contributed by atoms with Gasteiger partial charge in [-0.25, -0.2) is 0 Å². The van der Waals surface area contributed by atoms with Crippen LogP contribution in [0, 0.1) is 0 Å². The SMILES string of the molecule is CCc1ccccc1NC(=O)C1CSC2(C)CCC(=O)N12. The van der Waals surface area contributed by atoms with Crippen LogP contribution in [-0.2, 0) is 16.0 Å². The highest BCUT2D eigenvalue weighted by molar-refractivity contribution is 8.01. The number of rotatable bonds is 3. The van der Waals surface area contributed by atoms with E-state index in [1.165, 1.54) is 0 Å². The molecule has 0 radical (unpaired) electrons. The van der Waals surface area contributed by atoms with Gasteiger partial charge in [0.25, 0.3) is 0 Å². The Kier molecular flexibility index (Phi) is 3.69. The maximum Gasteiger partial charge on any atom is 0.248 e. The van der Waals surface area contributed by atoms with Gasteiger partial charge in [-0.3, -0.25) is 9.59 Å². The van der Waals surface area contributed by atoms with E-state index in [0.717, 1.165) is 24.1 Å². The van der Waals surface area contributed by atoms with Crippen LogP contribution in [0.5, 0.6) is 0 Å². The molecule has 112 valence electrons. The summed E-state index contributed by atoms with van der Waals surface area (Å²) in [6.45, 7) is 4.13. The third kappa shape index (κ3) is 2.44. The number of benzene rings is 1. The number of amides is 2. The molecule has 1 aromatic carbocycles. The van der Waals surface area contributed by atoms with Gasteiger partial charge in [-0.2, -0.15) is 0 Å². The first-order valence-corrected chi connectivity index (χ1v) is 8.38. The lowest BCUT2D eigenvalue weighted by Crippen LogP contribution is -2.48. The summed E-state index contributed by atoms with van der Waals surface area (Å²) in [5.41, 5.74) is 1.97. The number of nitrogens with zero attached hydrogens (tertiary/aromatic N) is 1. The summed E-state index contributed by atoms with van der Waals surface area (Å²) in [7, 11) is 0. The lowest BCUT2D eigenvalue weighted by Gasteiger charge is -2.30. The van der Waals surface area contributed by atoms with Crippen molar-refractivity contribution in [3.05, 3.63) is 29.8 Å². The van der Waals surface area contributed by atoms with Crippen LogP contribution in [0.1, 0.15) is 32.3 Å². The van der Waals surface area contributed by atoms with Crippen molar-refractivity contribution in [2.45, 2.75) is 44.0 Å². The Balaban J connectivity index is 1.79. The number of hydrogen-bond acceptors (Lipinski definition) is 3. The fraction of sp³-hybridized carbons (Fsp3) is 0.500. The summed E-state index contributed by atoms with van der Waals surface area (Å²) < 4.78 is 0. The predicted molar refractivity (Wildman–Crippen MR) is 85.2 cm³/mol. The molecule has 0 aliphatic carbocycles. The maximum absolute atomic E-state index is 12.6. The molecule has 0 saturated carbocycles.